The first-order valence-corrected chi connectivity index (χ1v) is 8.69. The number of hydrogen-bond acceptors (Lipinski definition) is 4. The summed E-state index contributed by atoms with van der Waals surface area (Å²) in [5, 5.41) is 7.62. The monoisotopic (exact) mass is 321 g/mol. The van der Waals surface area contributed by atoms with E-state index in [0.29, 0.717) is 0 Å². The highest BCUT2D eigenvalue weighted by atomic mass is 32.1. The van der Waals surface area contributed by atoms with Gasteiger partial charge in [-0.2, -0.15) is 0 Å². The summed E-state index contributed by atoms with van der Waals surface area (Å²) in [6, 6.07) is 12.2. The third-order valence-electron chi connectivity index (χ3n) is 4.61. The summed E-state index contributed by atoms with van der Waals surface area (Å²) in [5.74, 6) is -0.0178. The number of anilines is 1. The molecule has 0 saturated carbocycles. The van der Waals surface area contributed by atoms with Crippen molar-refractivity contribution >= 4 is 33.1 Å². The zero-order chi connectivity index (χ0) is 15.4. The molecule has 0 saturated heterocycles. The van der Waals surface area contributed by atoms with Gasteiger partial charge in [-0.1, -0.05) is 30.3 Å². The smallest absolute Gasteiger partial charge is 0.265 e. The van der Waals surface area contributed by atoms with E-state index in [2.05, 4.69) is 16.7 Å². The summed E-state index contributed by atoms with van der Waals surface area (Å²) < 4.78 is 0. The lowest BCUT2D eigenvalue weighted by molar-refractivity contribution is 0.0940. The summed E-state index contributed by atoms with van der Waals surface area (Å²) >= 11 is 1.49. The fraction of sp³-hybridized carbons (Fsp3) is 0.222. The van der Waals surface area contributed by atoms with Crippen LogP contribution in [0.1, 0.15) is 39.1 Å². The standard InChI is InChI=1S/C18H15N3OS/c22-17-15-14(20-16(21-17)10-5-2-1-3-6-10)12-9-11-7-4-8-13(11)19-18(12)23-15/h1-3,5-6,9,16,20H,4,7-8H2,(H,21,22)/t16-/m0/s1. The number of hydrogen-bond donors (Lipinski definition) is 2. The minimum atomic E-state index is -0.192. The number of pyridine rings is 1. The van der Waals surface area contributed by atoms with Crippen LogP contribution in [0.25, 0.3) is 10.2 Å². The van der Waals surface area contributed by atoms with Crippen LogP contribution < -0.4 is 10.6 Å². The van der Waals surface area contributed by atoms with Crippen LogP contribution in [-0.4, -0.2) is 10.9 Å². The largest absolute Gasteiger partial charge is 0.360 e. The van der Waals surface area contributed by atoms with Crippen molar-refractivity contribution < 1.29 is 4.79 Å². The highest BCUT2D eigenvalue weighted by Crippen LogP contribution is 2.40. The van der Waals surface area contributed by atoms with Gasteiger partial charge in [0.25, 0.3) is 5.91 Å². The molecule has 4 nitrogen and oxygen atoms in total. The predicted molar refractivity (Wildman–Crippen MR) is 91.9 cm³/mol. The SMILES string of the molecule is O=C1N[C@@H](c2ccccc2)Nc2c1sc1nc3c(cc21)CCC3. The minimum Gasteiger partial charge on any atom is -0.360 e. The van der Waals surface area contributed by atoms with Crippen LogP contribution in [0.5, 0.6) is 0 Å². The summed E-state index contributed by atoms with van der Waals surface area (Å²) in [5.41, 5.74) is 4.53. The second-order valence-corrected chi connectivity index (χ2v) is 7.07. The Morgan fingerprint density at radius 3 is 2.87 bits per heavy atom. The number of carbonyl (C=O) groups is 1. The molecule has 0 fully saturated rings. The van der Waals surface area contributed by atoms with Crippen LogP contribution in [-0.2, 0) is 12.8 Å². The number of nitrogens with zero attached hydrogens (tertiary/aromatic N) is 1. The van der Waals surface area contributed by atoms with Gasteiger partial charge in [-0.05, 0) is 36.5 Å². The summed E-state index contributed by atoms with van der Waals surface area (Å²) in [6.07, 6.45) is 3.14. The summed E-state index contributed by atoms with van der Waals surface area (Å²) in [7, 11) is 0. The van der Waals surface area contributed by atoms with Crippen molar-refractivity contribution in [1.82, 2.24) is 10.3 Å². The zero-order valence-corrected chi connectivity index (χ0v) is 13.2. The van der Waals surface area contributed by atoms with Crippen molar-refractivity contribution in [3.63, 3.8) is 0 Å². The normalized spacial score (nSPS) is 19.1. The van der Waals surface area contributed by atoms with Crippen molar-refractivity contribution in [2.75, 3.05) is 5.32 Å². The number of fused-ring (bicyclic) bond motifs is 4. The molecule has 0 spiro atoms. The van der Waals surface area contributed by atoms with Gasteiger partial charge in [0.2, 0.25) is 0 Å². The third kappa shape index (κ3) is 1.96. The van der Waals surface area contributed by atoms with Crippen LogP contribution in [0.2, 0.25) is 0 Å². The fourth-order valence-electron chi connectivity index (χ4n) is 3.47. The molecule has 5 rings (SSSR count). The molecular formula is C18H15N3OS. The maximum absolute atomic E-state index is 12.5. The number of aromatic nitrogens is 1. The average molecular weight is 321 g/mol. The lowest BCUT2D eigenvalue weighted by Gasteiger charge is -2.26. The number of benzene rings is 1. The maximum Gasteiger partial charge on any atom is 0.265 e. The minimum absolute atomic E-state index is 0.0178. The van der Waals surface area contributed by atoms with Crippen LogP contribution in [0, 0.1) is 0 Å². The van der Waals surface area contributed by atoms with E-state index >= 15 is 0 Å². The molecule has 114 valence electrons. The average Bonchev–Trinajstić information content (AvgIpc) is 3.17. The van der Waals surface area contributed by atoms with Gasteiger partial charge in [-0.25, -0.2) is 4.98 Å². The Morgan fingerprint density at radius 2 is 2.00 bits per heavy atom. The molecule has 0 bridgehead atoms. The molecule has 2 aromatic heterocycles. The molecule has 1 aliphatic carbocycles. The first-order chi connectivity index (χ1) is 11.3. The van der Waals surface area contributed by atoms with Crippen molar-refractivity contribution in [1.29, 1.82) is 0 Å². The van der Waals surface area contributed by atoms with Crippen LogP contribution in [0.3, 0.4) is 0 Å². The second-order valence-electron chi connectivity index (χ2n) is 6.07. The Labute approximate surface area is 137 Å². The van der Waals surface area contributed by atoms with E-state index in [1.807, 2.05) is 30.3 Å². The van der Waals surface area contributed by atoms with E-state index in [9.17, 15) is 4.79 Å². The molecule has 3 heterocycles. The molecule has 5 heteroatoms. The third-order valence-corrected chi connectivity index (χ3v) is 5.71. The van der Waals surface area contributed by atoms with E-state index in [0.717, 1.165) is 39.2 Å². The fourth-order valence-corrected chi connectivity index (χ4v) is 4.52. The second kappa shape index (κ2) is 4.80. The van der Waals surface area contributed by atoms with Crippen molar-refractivity contribution in [2.45, 2.75) is 25.4 Å². The molecule has 1 amide bonds. The van der Waals surface area contributed by atoms with Gasteiger partial charge >= 0.3 is 0 Å². The van der Waals surface area contributed by atoms with E-state index in [-0.39, 0.29) is 12.1 Å². The predicted octanol–water partition coefficient (Wildman–Crippen LogP) is 3.64. The maximum atomic E-state index is 12.5. The summed E-state index contributed by atoms with van der Waals surface area (Å²) in [4.78, 5) is 19.0. The van der Waals surface area contributed by atoms with Crippen LogP contribution in [0.4, 0.5) is 5.69 Å². The molecule has 1 aliphatic heterocycles. The van der Waals surface area contributed by atoms with Gasteiger partial charge < -0.3 is 10.6 Å². The van der Waals surface area contributed by atoms with Gasteiger partial charge in [-0.3, -0.25) is 4.79 Å². The molecule has 0 unspecified atom stereocenters. The van der Waals surface area contributed by atoms with Crippen molar-refractivity contribution in [2.24, 2.45) is 0 Å². The highest BCUT2D eigenvalue weighted by Gasteiger charge is 2.29. The Balaban J connectivity index is 1.65. The Morgan fingerprint density at radius 1 is 1.13 bits per heavy atom. The molecule has 1 atom stereocenters. The molecule has 2 aliphatic rings. The van der Waals surface area contributed by atoms with Gasteiger partial charge in [0, 0.05) is 11.1 Å². The highest BCUT2D eigenvalue weighted by molar-refractivity contribution is 7.21. The molecule has 1 aromatic carbocycles. The molecule has 3 aromatic rings. The Hall–Kier alpha value is -2.40. The quantitative estimate of drug-likeness (QED) is 0.719. The zero-order valence-electron chi connectivity index (χ0n) is 12.4. The van der Waals surface area contributed by atoms with E-state index in [1.165, 1.54) is 29.0 Å². The Bertz CT molecular complexity index is 932. The number of amides is 1. The number of thiophene rings is 1. The van der Waals surface area contributed by atoms with Gasteiger partial charge in [-0.15, -0.1) is 11.3 Å². The first-order valence-electron chi connectivity index (χ1n) is 7.87. The number of nitrogens with one attached hydrogen (secondary N) is 2. The van der Waals surface area contributed by atoms with Gasteiger partial charge in [0.15, 0.2) is 0 Å². The lowest BCUT2D eigenvalue weighted by atomic mass is 10.1. The molecule has 23 heavy (non-hydrogen) atoms. The Kier molecular flexibility index (Phi) is 2.73. The molecule has 0 radical (unpaired) electrons. The molecule has 2 N–H and O–H groups in total. The van der Waals surface area contributed by atoms with Gasteiger partial charge in [0.05, 0.1) is 5.69 Å². The van der Waals surface area contributed by atoms with Crippen LogP contribution in [0.15, 0.2) is 36.4 Å². The number of aryl methyl sites for hydroxylation is 2. The number of carbonyl (C=O) groups excluding carboxylic acids is 1. The first kappa shape index (κ1) is 13.1. The van der Waals surface area contributed by atoms with E-state index in [1.54, 1.807) is 0 Å². The van der Waals surface area contributed by atoms with E-state index < -0.39 is 0 Å². The summed E-state index contributed by atoms with van der Waals surface area (Å²) in [6.45, 7) is 0. The van der Waals surface area contributed by atoms with Crippen molar-refractivity contribution in [3.05, 3.63) is 58.1 Å². The molecular weight excluding hydrogens is 306 g/mol. The van der Waals surface area contributed by atoms with Gasteiger partial charge in [0.1, 0.15) is 15.9 Å². The van der Waals surface area contributed by atoms with Crippen LogP contribution >= 0.6 is 11.3 Å². The number of rotatable bonds is 1. The lowest BCUT2D eigenvalue weighted by Crippen LogP contribution is -2.37. The topological polar surface area (TPSA) is 54.0 Å². The van der Waals surface area contributed by atoms with Crippen molar-refractivity contribution in [3.8, 4) is 0 Å². The van der Waals surface area contributed by atoms with E-state index in [4.69, 9.17) is 4.98 Å².